The molecule has 0 bridgehead atoms. The number of hydrogen-bond acceptors (Lipinski definition) is 5. The fourth-order valence-corrected chi connectivity index (χ4v) is 3.51. The van der Waals surface area contributed by atoms with Gasteiger partial charge in [-0.15, -0.1) is 0 Å². The van der Waals surface area contributed by atoms with E-state index >= 15 is 0 Å². The van der Waals surface area contributed by atoms with E-state index in [0.29, 0.717) is 24.1 Å². The molecule has 0 saturated heterocycles. The molecule has 7 nitrogen and oxygen atoms in total. The zero-order chi connectivity index (χ0) is 22.3. The highest BCUT2D eigenvalue weighted by molar-refractivity contribution is 9.10. The first-order valence-corrected chi connectivity index (χ1v) is 10.9. The van der Waals surface area contributed by atoms with E-state index in [1.807, 2.05) is 48.5 Å². The lowest BCUT2D eigenvalue weighted by Crippen LogP contribution is -2.27. The first-order chi connectivity index (χ1) is 15.6. The molecule has 0 aliphatic carbocycles. The number of pyridine rings is 1. The molecule has 0 fully saturated rings. The van der Waals surface area contributed by atoms with E-state index in [9.17, 15) is 9.59 Å². The lowest BCUT2D eigenvalue weighted by Gasteiger charge is -2.09. The zero-order valence-corrected chi connectivity index (χ0v) is 18.8. The van der Waals surface area contributed by atoms with E-state index in [-0.39, 0.29) is 24.4 Å². The molecule has 1 N–H and O–H groups in total. The van der Waals surface area contributed by atoms with Crippen LogP contribution in [0.15, 0.2) is 82.5 Å². The van der Waals surface area contributed by atoms with E-state index in [1.165, 1.54) is 10.9 Å². The summed E-state index contributed by atoms with van der Waals surface area (Å²) >= 11 is 3.37. The first-order valence-electron chi connectivity index (χ1n) is 10.1. The normalized spacial score (nSPS) is 10.8. The Kier molecular flexibility index (Phi) is 6.91. The van der Waals surface area contributed by atoms with Gasteiger partial charge in [0.2, 0.25) is 5.91 Å². The number of carbonyl (C=O) groups is 1. The molecule has 0 saturated carbocycles. The van der Waals surface area contributed by atoms with Gasteiger partial charge in [0.25, 0.3) is 5.56 Å². The Balaban J connectivity index is 1.26. The second-order valence-electron chi connectivity index (χ2n) is 7.19. The summed E-state index contributed by atoms with van der Waals surface area (Å²) in [5.74, 6) is 0.599. The van der Waals surface area contributed by atoms with Gasteiger partial charge in [-0.1, -0.05) is 34.1 Å². The molecular formula is C24H21BrN4O3. The number of fused-ring (bicyclic) bond motifs is 1. The molecule has 0 unspecified atom stereocenters. The summed E-state index contributed by atoms with van der Waals surface area (Å²) in [5.41, 5.74) is 2.28. The van der Waals surface area contributed by atoms with E-state index in [2.05, 4.69) is 31.2 Å². The minimum atomic E-state index is -0.162. The summed E-state index contributed by atoms with van der Waals surface area (Å²) in [7, 11) is 0. The highest BCUT2D eigenvalue weighted by atomic mass is 79.9. The maximum atomic E-state index is 12.6. The van der Waals surface area contributed by atoms with E-state index < -0.39 is 0 Å². The van der Waals surface area contributed by atoms with Crippen LogP contribution in [0.3, 0.4) is 0 Å². The molecule has 0 aliphatic rings. The molecule has 0 aliphatic heterocycles. The maximum absolute atomic E-state index is 12.6. The summed E-state index contributed by atoms with van der Waals surface area (Å²) in [5, 5.41) is 3.40. The van der Waals surface area contributed by atoms with Crippen LogP contribution < -0.4 is 15.6 Å². The molecule has 0 spiro atoms. The van der Waals surface area contributed by atoms with Gasteiger partial charge in [-0.3, -0.25) is 19.1 Å². The SMILES string of the molecule is O=C(CCn1cnc2ccc(Br)cc2c1=O)NCc1ccc(OCc2ccccn2)cc1. The summed E-state index contributed by atoms with van der Waals surface area (Å²) < 4.78 is 7.99. The lowest BCUT2D eigenvalue weighted by molar-refractivity contribution is -0.121. The highest BCUT2D eigenvalue weighted by Gasteiger charge is 2.07. The van der Waals surface area contributed by atoms with Crippen molar-refractivity contribution in [2.24, 2.45) is 0 Å². The molecule has 2 aromatic carbocycles. The van der Waals surface area contributed by atoms with Gasteiger partial charge < -0.3 is 10.1 Å². The molecule has 162 valence electrons. The number of halogens is 1. The van der Waals surface area contributed by atoms with Crippen LogP contribution in [0.5, 0.6) is 5.75 Å². The van der Waals surface area contributed by atoms with Crippen molar-refractivity contribution in [3.63, 3.8) is 0 Å². The minimum Gasteiger partial charge on any atom is -0.487 e. The third-order valence-electron chi connectivity index (χ3n) is 4.89. The van der Waals surface area contributed by atoms with Crippen molar-refractivity contribution in [2.75, 3.05) is 0 Å². The van der Waals surface area contributed by atoms with Gasteiger partial charge in [-0.25, -0.2) is 4.98 Å². The molecule has 2 aromatic heterocycles. The van der Waals surface area contributed by atoms with Crippen molar-refractivity contribution in [1.82, 2.24) is 19.9 Å². The standard InChI is InChI=1S/C24H21BrN4O3/c25-18-6-9-22-21(13-18)24(31)29(16-28-22)12-10-23(30)27-14-17-4-7-20(8-5-17)32-15-19-3-1-2-11-26-19/h1-9,11,13,16H,10,12,14-15H2,(H,27,30). The van der Waals surface area contributed by atoms with E-state index in [4.69, 9.17) is 4.74 Å². The topological polar surface area (TPSA) is 86.1 Å². The van der Waals surface area contributed by atoms with Crippen LogP contribution in [0.4, 0.5) is 0 Å². The van der Waals surface area contributed by atoms with Crippen molar-refractivity contribution in [1.29, 1.82) is 0 Å². The lowest BCUT2D eigenvalue weighted by atomic mass is 10.2. The molecule has 4 rings (SSSR count). The van der Waals surface area contributed by atoms with E-state index in [1.54, 1.807) is 18.3 Å². The second kappa shape index (κ2) is 10.2. The number of nitrogens with one attached hydrogen (secondary N) is 1. The van der Waals surface area contributed by atoms with Crippen LogP contribution in [-0.2, 0) is 24.5 Å². The van der Waals surface area contributed by atoms with Gasteiger partial charge in [0.15, 0.2) is 0 Å². The van der Waals surface area contributed by atoms with Crippen molar-refractivity contribution < 1.29 is 9.53 Å². The molecule has 0 atom stereocenters. The summed E-state index contributed by atoms with van der Waals surface area (Å²) in [6, 6.07) is 18.6. The largest absolute Gasteiger partial charge is 0.487 e. The molecule has 8 heteroatoms. The Labute approximate surface area is 193 Å². The molecule has 1 amide bonds. The number of aromatic nitrogens is 3. The fraction of sp³-hybridized carbons (Fsp3) is 0.167. The van der Waals surface area contributed by atoms with Crippen molar-refractivity contribution in [3.05, 3.63) is 99.3 Å². The number of rotatable bonds is 8. The van der Waals surface area contributed by atoms with Crippen LogP contribution in [0.25, 0.3) is 10.9 Å². The van der Waals surface area contributed by atoms with Crippen molar-refractivity contribution in [2.45, 2.75) is 26.1 Å². The molecule has 4 aromatic rings. The highest BCUT2D eigenvalue weighted by Crippen LogP contribution is 2.15. The smallest absolute Gasteiger partial charge is 0.261 e. The van der Waals surface area contributed by atoms with Crippen molar-refractivity contribution in [3.8, 4) is 5.75 Å². The number of amides is 1. The molecular weight excluding hydrogens is 472 g/mol. The van der Waals surface area contributed by atoms with Gasteiger partial charge >= 0.3 is 0 Å². The van der Waals surface area contributed by atoms with Gasteiger partial charge in [0.05, 0.1) is 22.9 Å². The van der Waals surface area contributed by atoms with E-state index in [0.717, 1.165) is 21.5 Å². The Hall–Kier alpha value is -3.52. The zero-order valence-electron chi connectivity index (χ0n) is 17.2. The average molecular weight is 493 g/mol. The van der Waals surface area contributed by atoms with Gasteiger partial charge in [-0.05, 0) is 48.0 Å². The fourth-order valence-electron chi connectivity index (χ4n) is 3.15. The quantitative estimate of drug-likeness (QED) is 0.403. The Morgan fingerprint density at radius 3 is 2.69 bits per heavy atom. The molecule has 0 radical (unpaired) electrons. The Morgan fingerprint density at radius 1 is 1.06 bits per heavy atom. The van der Waals surface area contributed by atoms with Crippen LogP contribution in [-0.4, -0.2) is 20.4 Å². The number of nitrogens with zero attached hydrogens (tertiary/aromatic N) is 3. The monoisotopic (exact) mass is 492 g/mol. The van der Waals surface area contributed by atoms with Crippen molar-refractivity contribution >= 4 is 32.7 Å². The number of carbonyl (C=O) groups excluding carboxylic acids is 1. The number of aryl methyl sites for hydroxylation is 1. The third kappa shape index (κ3) is 5.59. The van der Waals surface area contributed by atoms with Crippen LogP contribution >= 0.6 is 15.9 Å². The predicted octanol–water partition coefficient (Wildman–Crippen LogP) is 3.84. The minimum absolute atomic E-state index is 0.137. The number of ether oxygens (including phenoxy) is 1. The molecule has 32 heavy (non-hydrogen) atoms. The third-order valence-corrected chi connectivity index (χ3v) is 5.38. The van der Waals surface area contributed by atoms with Crippen LogP contribution in [0, 0.1) is 0 Å². The number of benzene rings is 2. The maximum Gasteiger partial charge on any atom is 0.261 e. The number of hydrogen-bond donors (Lipinski definition) is 1. The first kappa shape index (κ1) is 21.7. The van der Waals surface area contributed by atoms with Gasteiger partial charge in [0.1, 0.15) is 12.4 Å². The Morgan fingerprint density at radius 2 is 1.91 bits per heavy atom. The summed E-state index contributed by atoms with van der Waals surface area (Å²) in [6.45, 7) is 1.06. The van der Waals surface area contributed by atoms with Gasteiger partial charge in [0, 0.05) is 30.2 Å². The summed E-state index contributed by atoms with van der Waals surface area (Å²) in [4.78, 5) is 33.4. The van der Waals surface area contributed by atoms with Crippen LogP contribution in [0.2, 0.25) is 0 Å². The summed E-state index contributed by atoms with van der Waals surface area (Å²) in [6.07, 6.45) is 3.40. The molecule has 2 heterocycles. The van der Waals surface area contributed by atoms with Gasteiger partial charge in [-0.2, -0.15) is 0 Å². The second-order valence-corrected chi connectivity index (χ2v) is 8.10. The predicted molar refractivity (Wildman–Crippen MR) is 125 cm³/mol. The average Bonchev–Trinajstić information content (AvgIpc) is 2.82. The Bertz CT molecular complexity index is 1270. The van der Waals surface area contributed by atoms with Crippen LogP contribution in [0.1, 0.15) is 17.7 Å².